The first-order valence-electron chi connectivity index (χ1n) is 18.8. The van der Waals surface area contributed by atoms with Crippen LogP contribution in [0.25, 0.3) is 22.3 Å². The van der Waals surface area contributed by atoms with Crippen LogP contribution < -0.4 is 5.73 Å². The van der Waals surface area contributed by atoms with Crippen LogP contribution in [0.1, 0.15) is 106 Å². The summed E-state index contributed by atoms with van der Waals surface area (Å²) in [7, 11) is 0. The van der Waals surface area contributed by atoms with Gasteiger partial charge < -0.3 is 10.3 Å². The topological polar surface area (TPSA) is 87.4 Å². The average molecular weight is 688 g/mol. The zero-order chi connectivity index (χ0) is 36.0. The quantitative estimate of drug-likeness (QED) is 0.145. The number of nitrogens with zero attached hydrogens (tertiary/aromatic N) is 6. The number of aryl methyl sites for hydroxylation is 4. The van der Waals surface area contributed by atoms with Crippen molar-refractivity contribution in [2.75, 3.05) is 5.73 Å². The summed E-state index contributed by atoms with van der Waals surface area (Å²) in [5, 5.41) is 5.79. The molecule has 0 bridgehead atoms. The van der Waals surface area contributed by atoms with Gasteiger partial charge in [0.1, 0.15) is 23.7 Å². The number of benzene rings is 3. The first kappa shape index (κ1) is 37.4. The second-order valence-corrected chi connectivity index (χ2v) is 13.6. The molecule has 0 aliphatic heterocycles. The van der Waals surface area contributed by atoms with Crippen LogP contribution in [-0.2, 0) is 25.8 Å². The monoisotopic (exact) mass is 687 g/mol. The van der Waals surface area contributed by atoms with Gasteiger partial charge >= 0.3 is 0 Å². The Morgan fingerprint density at radius 2 is 1.59 bits per heavy atom. The molecule has 3 aromatic carbocycles. The van der Waals surface area contributed by atoms with E-state index in [1.54, 1.807) is 12.1 Å². The normalized spacial score (nSPS) is 13.0. The number of hydrogen-bond donors (Lipinski definition) is 1. The third-order valence-corrected chi connectivity index (χ3v) is 9.29. The van der Waals surface area contributed by atoms with Crippen molar-refractivity contribution >= 4 is 16.9 Å². The molecule has 0 saturated heterocycles. The van der Waals surface area contributed by atoms with E-state index in [-0.39, 0.29) is 5.82 Å². The van der Waals surface area contributed by atoms with Crippen LogP contribution in [0.2, 0.25) is 0 Å². The van der Waals surface area contributed by atoms with E-state index in [0.29, 0.717) is 18.3 Å². The van der Waals surface area contributed by atoms with Gasteiger partial charge in [0.05, 0.1) is 17.8 Å². The molecule has 3 heterocycles. The van der Waals surface area contributed by atoms with Crippen molar-refractivity contribution in [1.29, 1.82) is 0 Å². The van der Waals surface area contributed by atoms with Crippen LogP contribution in [0, 0.1) is 12.7 Å². The van der Waals surface area contributed by atoms with Crippen LogP contribution >= 0.6 is 0 Å². The van der Waals surface area contributed by atoms with E-state index in [1.165, 1.54) is 62.5 Å². The second-order valence-electron chi connectivity index (χ2n) is 13.6. The third kappa shape index (κ3) is 10.3. The van der Waals surface area contributed by atoms with Gasteiger partial charge in [-0.05, 0) is 86.3 Å². The van der Waals surface area contributed by atoms with Gasteiger partial charge in [-0.25, -0.2) is 24.0 Å². The summed E-state index contributed by atoms with van der Waals surface area (Å²) < 4.78 is 18.1. The number of rotatable bonds is 10. The molecule has 6 aromatic rings. The van der Waals surface area contributed by atoms with Crippen molar-refractivity contribution in [2.45, 2.75) is 111 Å². The Kier molecular flexibility index (Phi) is 13.9. The lowest BCUT2D eigenvalue weighted by Gasteiger charge is -2.22. The van der Waals surface area contributed by atoms with E-state index >= 15 is 0 Å². The zero-order valence-corrected chi connectivity index (χ0v) is 30.9. The number of aromatic nitrogens is 6. The summed E-state index contributed by atoms with van der Waals surface area (Å²) in [6, 6.07) is 24.5. The molecule has 0 atom stereocenters. The van der Waals surface area contributed by atoms with E-state index < -0.39 is 0 Å². The highest BCUT2D eigenvalue weighted by Crippen LogP contribution is 2.36. The summed E-state index contributed by atoms with van der Waals surface area (Å²) in [4.78, 5) is 12.9. The molecular weight excluding hydrogens is 634 g/mol. The first-order valence-corrected chi connectivity index (χ1v) is 18.8. The molecule has 2 N–H and O–H groups in total. The van der Waals surface area contributed by atoms with Crippen molar-refractivity contribution in [3.05, 3.63) is 125 Å². The molecule has 1 aliphatic rings. The van der Waals surface area contributed by atoms with Crippen molar-refractivity contribution in [1.82, 2.24) is 29.3 Å². The number of halogens is 1. The zero-order valence-electron chi connectivity index (χ0n) is 30.9. The highest BCUT2D eigenvalue weighted by atomic mass is 19.1. The average Bonchev–Trinajstić information content (AvgIpc) is 3.77. The van der Waals surface area contributed by atoms with Gasteiger partial charge in [-0.3, -0.25) is 0 Å². The van der Waals surface area contributed by atoms with Gasteiger partial charge in [-0.2, -0.15) is 5.10 Å². The fourth-order valence-corrected chi connectivity index (χ4v) is 6.81. The Bertz CT molecular complexity index is 1900. The van der Waals surface area contributed by atoms with Crippen LogP contribution in [0.15, 0.2) is 91.6 Å². The maximum absolute atomic E-state index is 13.7. The Morgan fingerprint density at radius 1 is 0.843 bits per heavy atom. The largest absolute Gasteiger partial charge is 0.383 e. The lowest BCUT2D eigenvalue weighted by Crippen LogP contribution is -2.14. The molecule has 1 aliphatic carbocycles. The maximum atomic E-state index is 13.7. The van der Waals surface area contributed by atoms with Crippen molar-refractivity contribution < 1.29 is 4.39 Å². The standard InChI is InChI=1S/C25H26FN5.C15H20N2.C3H8/c1-16-11-18(14-20(26)12-16)13-17-7-9-19(10-8-17)23-22-24(27)28-15-29-25(22)31(30-23)21-5-3-2-4-6-21;1-2-15-12-16-13-17(15)11-7-6-10-14-8-4-3-5-9-14;1-3-2/h7-12,14-15,21H,2-6,13H2,1H3,(H2,27,28,29);3-5,8-9,12-13H,2,6-7,10-11H2,1H3;3H2,1-2H3. The lowest BCUT2D eigenvalue weighted by molar-refractivity contribution is 0.336. The molecule has 0 spiro atoms. The number of hydrogen-bond acceptors (Lipinski definition) is 5. The van der Waals surface area contributed by atoms with E-state index in [2.05, 4.69) is 99.6 Å². The Morgan fingerprint density at radius 3 is 2.29 bits per heavy atom. The van der Waals surface area contributed by atoms with Gasteiger partial charge in [-0.1, -0.05) is 107 Å². The van der Waals surface area contributed by atoms with Gasteiger partial charge in [0.15, 0.2) is 5.65 Å². The van der Waals surface area contributed by atoms with E-state index in [1.807, 2.05) is 25.5 Å². The fraction of sp³-hybridized carbons (Fsp3) is 0.395. The molecule has 0 radical (unpaired) electrons. The first-order chi connectivity index (χ1) is 24.9. The minimum Gasteiger partial charge on any atom is -0.383 e. The predicted octanol–water partition coefficient (Wildman–Crippen LogP) is 10.5. The van der Waals surface area contributed by atoms with Gasteiger partial charge in [0, 0.05) is 24.0 Å². The molecule has 7 nitrogen and oxygen atoms in total. The highest BCUT2D eigenvalue weighted by molar-refractivity contribution is 5.98. The summed E-state index contributed by atoms with van der Waals surface area (Å²) in [5.74, 6) is 0.267. The molecule has 51 heavy (non-hydrogen) atoms. The van der Waals surface area contributed by atoms with Gasteiger partial charge in [0.25, 0.3) is 0 Å². The summed E-state index contributed by atoms with van der Waals surface area (Å²) in [6.45, 7) is 9.43. The van der Waals surface area contributed by atoms with Gasteiger partial charge in [0.2, 0.25) is 0 Å². The third-order valence-electron chi connectivity index (χ3n) is 9.29. The number of unbranched alkanes of at least 4 members (excludes halogenated alkanes) is 1. The summed E-state index contributed by atoms with van der Waals surface area (Å²) in [6.07, 6.45) is 18.0. The van der Waals surface area contributed by atoms with Crippen LogP contribution in [0.5, 0.6) is 0 Å². The molecular formula is C43H54FN7. The fourth-order valence-electron chi connectivity index (χ4n) is 6.81. The molecule has 3 aromatic heterocycles. The highest BCUT2D eigenvalue weighted by Gasteiger charge is 2.23. The Hall–Kier alpha value is -4.85. The Balaban J connectivity index is 0.000000213. The number of fused-ring (bicyclic) bond motifs is 1. The van der Waals surface area contributed by atoms with Crippen molar-refractivity contribution in [3.63, 3.8) is 0 Å². The van der Waals surface area contributed by atoms with Crippen LogP contribution in [-0.4, -0.2) is 29.3 Å². The maximum Gasteiger partial charge on any atom is 0.164 e. The van der Waals surface area contributed by atoms with E-state index in [0.717, 1.165) is 64.8 Å². The van der Waals surface area contributed by atoms with E-state index in [4.69, 9.17) is 10.8 Å². The molecule has 1 saturated carbocycles. The number of imidazole rings is 1. The molecule has 0 unspecified atom stereocenters. The minimum absolute atomic E-state index is 0.193. The number of nitrogen functional groups attached to an aromatic ring is 1. The predicted molar refractivity (Wildman–Crippen MR) is 208 cm³/mol. The van der Waals surface area contributed by atoms with Crippen molar-refractivity contribution in [2.24, 2.45) is 0 Å². The molecule has 268 valence electrons. The molecule has 1 fully saturated rings. The van der Waals surface area contributed by atoms with Crippen LogP contribution in [0.4, 0.5) is 10.2 Å². The summed E-state index contributed by atoms with van der Waals surface area (Å²) >= 11 is 0. The van der Waals surface area contributed by atoms with E-state index in [9.17, 15) is 4.39 Å². The van der Waals surface area contributed by atoms with Crippen molar-refractivity contribution in [3.8, 4) is 11.3 Å². The minimum atomic E-state index is -0.193. The molecule has 0 amide bonds. The second kappa shape index (κ2) is 18.9. The lowest BCUT2D eigenvalue weighted by atomic mass is 9.96. The van der Waals surface area contributed by atoms with Gasteiger partial charge in [-0.15, -0.1) is 0 Å². The Labute approximate surface area is 303 Å². The molecule has 8 heteroatoms. The number of anilines is 1. The smallest absolute Gasteiger partial charge is 0.164 e. The summed E-state index contributed by atoms with van der Waals surface area (Å²) in [5.41, 5.74) is 14.7. The number of nitrogens with two attached hydrogens (primary N) is 1. The van der Waals surface area contributed by atoms with Crippen LogP contribution in [0.3, 0.4) is 0 Å². The molecule has 7 rings (SSSR count). The SMILES string of the molecule is CCC.CCc1cncn1CCCCc1ccccc1.Cc1cc(F)cc(Cc2ccc(-c3nn(C4CCCCC4)c4ncnc(N)c34)cc2)c1.